The number of alkyl halides is 6. The van der Waals surface area contributed by atoms with Crippen LogP contribution in [0.4, 0.5) is 32.2 Å². The third-order valence-corrected chi connectivity index (χ3v) is 6.34. The van der Waals surface area contributed by atoms with Gasteiger partial charge in [0.15, 0.2) is 6.29 Å². The maximum absolute atomic E-state index is 12.9. The number of rotatable bonds is 7. The van der Waals surface area contributed by atoms with Gasteiger partial charge in [0.2, 0.25) is 0 Å². The molecule has 1 saturated carbocycles. The number of H-pyrrole nitrogens is 1. The number of aryl methyl sites for hydroxylation is 1. The molecule has 13 heteroatoms. The highest BCUT2D eigenvalue weighted by atomic mass is 32.2. The van der Waals surface area contributed by atoms with Gasteiger partial charge >= 0.3 is 12.4 Å². The molecule has 1 aliphatic carbocycles. The number of thioether (sulfide) groups is 1. The number of nitrogens with two attached hydrogens (primary N) is 1. The Kier molecular flexibility index (Phi) is 6.64. The van der Waals surface area contributed by atoms with Crippen molar-refractivity contribution in [2.75, 3.05) is 11.4 Å². The smallest absolute Gasteiger partial charge is 0.363 e. The van der Waals surface area contributed by atoms with E-state index in [9.17, 15) is 26.3 Å². The number of ether oxygens (including phenoxy) is 1. The molecule has 1 aliphatic heterocycles. The van der Waals surface area contributed by atoms with Crippen LogP contribution < -0.4 is 10.6 Å². The van der Waals surface area contributed by atoms with E-state index in [4.69, 9.17) is 10.5 Å². The van der Waals surface area contributed by atoms with E-state index in [0.717, 1.165) is 10.5 Å². The topological polar surface area (TPSA) is 79.5 Å². The SMILES string of the molecule is Cc1ccc(SC2=NC(N)N(CC3(O[C](CC(F)(F)F)CC(F)(F)F)CC3)c3[nH]cnc32)cc1. The highest BCUT2D eigenvalue weighted by Crippen LogP contribution is 2.48. The van der Waals surface area contributed by atoms with Crippen molar-refractivity contribution in [3.8, 4) is 0 Å². The Morgan fingerprint density at radius 2 is 1.76 bits per heavy atom. The van der Waals surface area contributed by atoms with Gasteiger partial charge in [-0.2, -0.15) is 26.3 Å². The summed E-state index contributed by atoms with van der Waals surface area (Å²) in [5, 5.41) is 0.552. The van der Waals surface area contributed by atoms with Crippen LogP contribution in [-0.2, 0) is 4.74 Å². The molecule has 34 heavy (non-hydrogen) atoms. The maximum Gasteiger partial charge on any atom is 0.391 e. The molecule has 2 aliphatic rings. The quantitative estimate of drug-likeness (QED) is 0.498. The minimum absolute atomic E-state index is 0.0332. The van der Waals surface area contributed by atoms with E-state index >= 15 is 0 Å². The highest BCUT2D eigenvalue weighted by Gasteiger charge is 2.52. The molecule has 0 amide bonds. The van der Waals surface area contributed by atoms with Crippen molar-refractivity contribution >= 4 is 22.6 Å². The van der Waals surface area contributed by atoms with Crippen molar-refractivity contribution in [3.05, 3.63) is 48.0 Å². The van der Waals surface area contributed by atoms with Crippen LogP contribution in [0.5, 0.6) is 0 Å². The summed E-state index contributed by atoms with van der Waals surface area (Å²) in [5.41, 5.74) is 6.64. The average molecular weight is 506 g/mol. The molecule has 1 fully saturated rings. The third-order valence-electron chi connectivity index (χ3n) is 5.34. The molecule has 1 unspecified atom stereocenters. The van der Waals surface area contributed by atoms with Gasteiger partial charge in [0, 0.05) is 4.90 Å². The number of aromatic amines is 1. The first kappa shape index (κ1) is 24.9. The van der Waals surface area contributed by atoms with Crippen molar-refractivity contribution in [1.82, 2.24) is 9.97 Å². The van der Waals surface area contributed by atoms with Crippen LogP contribution in [0.15, 0.2) is 40.5 Å². The van der Waals surface area contributed by atoms with Crippen LogP contribution in [0.3, 0.4) is 0 Å². The predicted molar refractivity (Wildman–Crippen MR) is 115 cm³/mol. The second kappa shape index (κ2) is 9.08. The number of imidazole rings is 1. The summed E-state index contributed by atoms with van der Waals surface area (Å²) in [6.45, 7) is 1.93. The molecule has 0 bridgehead atoms. The van der Waals surface area contributed by atoms with E-state index in [1.807, 2.05) is 31.2 Å². The molecule has 185 valence electrons. The summed E-state index contributed by atoms with van der Waals surface area (Å²) in [5.74, 6) is 0.486. The van der Waals surface area contributed by atoms with Crippen LogP contribution in [-0.4, -0.2) is 45.8 Å². The van der Waals surface area contributed by atoms with Crippen molar-refractivity contribution in [3.63, 3.8) is 0 Å². The molecule has 4 rings (SSSR count). The standard InChI is InChI=1S/C21H22F6N5OS/c1-12-2-4-14(5-3-12)34-17-15-16(30-11-29-15)32(18(28)31-17)10-19(6-7-19)33-13(8-20(22,23)24)9-21(25,26)27/h2-5,11,18H,6-10,28H2,1H3,(H,29,30). The lowest BCUT2D eigenvalue weighted by atomic mass is 10.1. The van der Waals surface area contributed by atoms with Crippen molar-refractivity contribution in [2.45, 2.75) is 61.7 Å². The number of benzene rings is 1. The molecule has 3 N–H and O–H groups in total. The Hall–Kier alpha value is -2.25. The van der Waals surface area contributed by atoms with E-state index in [-0.39, 0.29) is 6.54 Å². The van der Waals surface area contributed by atoms with Gasteiger partial charge in [0.05, 0.1) is 31.3 Å². The van der Waals surface area contributed by atoms with E-state index < -0.39 is 43.2 Å². The number of nitrogens with zero attached hydrogens (tertiary/aromatic N) is 3. The number of hydrogen-bond acceptors (Lipinski definition) is 6. The Morgan fingerprint density at radius 1 is 1.15 bits per heavy atom. The van der Waals surface area contributed by atoms with Crippen LogP contribution in [0, 0.1) is 13.0 Å². The van der Waals surface area contributed by atoms with Crippen molar-refractivity contribution < 1.29 is 31.1 Å². The minimum atomic E-state index is -4.82. The van der Waals surface area contributed by atoms with Crippen LogP contribution >= 0.6 is 11.8 Å². The van der Waals surface area contributed by atoms with Crippen LogP contribution in [0.1, 0.15) is 36.9 Å². The number of fused-ring (bicyclic) bond motifs is 1. The van der Waals surface area contributed by atoms with Gasteiger partial charge in [-0.15, -0.1) is 0 Å². The second-order valence-corrected chi connectivity index (χ2v) is 9.46. The third kappa shape index (κ3) is 6.25. The molecule has 6 nitrogen and oxygen atoms in total. The Balaban J connectivity index is 1.50. The first-order chi connectivity index (χ1) is 15.8. The molecular formula is C21H22F6N5OS. The first-order valence-electron chi connectivity index (χ1n) is 10.4. The summed E-state index contributed by atoms with van der Waals surface area (Å²) in [7, 11) is 0. The average Bonchev–Trinajstić information content (AvgIpc) is 3.25. The van der Waals surface area contributed by atoms with Crippen molar-refractivity contribution in [1.29, 1.82) is 0 Å². The van der Waals surface area contributed by atoms with E-state index in [1.54, 1.807) is 4.90 Å². The number of hydrogen-bond donors (Lipinski definition) is 2. The number of aliphatic imine (C=N–C) groups is 1. The van der Waals surface area contributed by atoms with Gasteiger partial charge in [-0.1, -0.05) is 29.5 Å². The summed E-state index contributed by atoms with van der Waals surface area (Å²) in [4.78, 5) is 14.2. The maximum atomic E-state index is 12.9. The van der Waals surface area contributed by atoms with Gasteiger partial charge in [-0.05, 0) is 31.9 Å². The monoisotopic (exact) mass is 506 g/mol. The zero-order valence-electron chi connectivity index (χ0n) is 18.0. The number of halogens is 6. The van der Waals surface area contributed by atoms with Crippen molar-refractivity contribution in [2.24, 2.45) is 10.7 Å². The number of aromatic nitrogens is 2. The Morgan fingerprint density at radius 3 is 2.32 bits per heavy atom. The molecule has 0 spiro atoms. The number of anilines is 1. The first-order valence-corrected chi connectivity index (χ1v) is 11.2. The fourth-order valence-corrected chi connectivity index (χ4v) is 4.54. The summed E-state index contributed by atoms with van der Waals surface area (Å²) < 4.78 is 82.6. The Bertz CT molecular complexity index is 1020. The highest BCUT2D eigenvalue weighted by molar-refractivity contribution is 8.14. The summed E-state index contributed by atoms with van der Waals surface area (Å²) in [6.07, 6.45) is -13.1. The van der Waals surface area contributed by atoms with E-state index in [0.29, 0.717) is 29.4 Å². The molecule has 1 atom stereocenters. The molecule has 0 saturated heterocycles. The lowest BCUT2D eigenvalue weighted by Crippen LogP contribution is -2.49. The molecule has 1 aromatic carbocycles. The molecule has 1 radical (unpaired) electrons. The molecule has 2 aromatic rings. The van der Waals surface area contributed by atoms with Crippen LogP contribution in [0.25, 0.3) is 0 Å². The number of nitrogens with one attached hydrogen (secondary N) is 1. The van der Waals surface area contributed by atoms with Crippen LogP contribution in [0.2, 0.25) is 0 Å². The summed E-state index contributed by atoms with van der Waals surface area (Å²) in [6, 6.07) is 7.76. The zero-order chi connectivity index (χ0) is 24.7. The molecule has 1 aromatic heterocycles. The predicted octanol–water partition coefficient (Wildman–Crippen LogP) is 5.31. The molecule has 2 heterocycles. The zero-order valence-corrected chi connectivity index (χ0v) is 18.8. The van der Waals surface area contributed by atoms with Gasteiger partial charge in [-0.25, -0.2) is 9.98 Å². The van der Waals surface area contributed by atoms with Gasteiger partial charge in [0.1, 0.15) is 22.7 Å². The fourth-order valence-electron chi connectivity index (χ4n) is 3.64. The lowest BCUT2D eigenvalue weighted by molar-refractivity contribution is -0.176. The minimum Gasteiger partial charge on any atom is -0.363 e. The Labute approximate surface area is 196 Å². The van der Waals surface area contributed by atoms with Gasteiger partial charge in [-0.3, -0.25) is 5.73 Å². The summed E-state index contributed by atoms with van der Waals surface area (Å²) >= 11 is 1.36. The van der Waals surface area contributed by atoms with Gasteiger partial charge in [0.25, 0.3) is 0 Å². The largest absolute Gasteiger partial charge is 0.391 e. The second-order valence-electron chi connectivity index (χ2n) is 8.40. The van der Waals surface area contributed by atoms with Gasteiger partial charge < -0.3 is 14.6 Å². The van der Waals surface area contributed by atoms with E-state index in [1.165, 1.54) is 18.1 Å². The van der Waals surface area contributed by atoms with E-state index in [2.05, 4.69) is 15.0 Å². The normalized spacial score (nSPS) is 19.9. The fraction of sp³-hybridized carbons (Fsp3) is 0.476. The molecular weight excluding hydrogens is 484 g/mol. The lowest BCUT2D eigenvalue weighted by Gasteiger charge is -2.35.